The molecule has 18 heavy (non-hydrogen) atoms. The molecule has 0 radical (unpaired) electrons. The molecule has 0 aliphatic heterocycles. The highest BCUT2D eigenvalue weighted by molar-refractivity contribution is 6.02. The van der Waals surface area contributed by atoms with Crippen molar-refractivity contribution in [3.05, 3.63) is 71.8 Å². The summed E-state index contributed by atoms with van der Waals surface area (Å²) in [6, 6.07) is 17.5. The number of para-hydroxylation sites is 1. The van der Waals surface area contributed by atoms with Crippen LogP contribution in [-0.4, -0.2) is 5.91 Å². The van der Waals surface area contributed by atoms with Crippen LogP contribution in [0, 0.1) is 6.92 Å². The van der Waals surface area contributed by atoms with Crippen molar-refractivity contribution < 1.29 is 4.79 Å². The number of benzene rings is 2. The van der Waals surface area contributed by atoms with E-state index in [4.69, 9.17) is 0 Å². The van der Waals surface area contributed by atoms with Crippen molar-refractivity contribution >= 4 is 17.7 Å². The van der Waals surface area contributed by atoms with Crippen LogP contribution in [0.1, 0.15) is 11.1 Å². The first-order chi connectivity index (χ1) is 8.75. The average Bonchev–Trinajstić information content (AvgIpc) is 2.40. The van der Waals surface area contributed by atoms with Crippen molar-refractivity contribution in [1.29, 1.82) is 0 Å². The number of amides is 1. The predicted octanol–water partition coefficient (Wildman–Crippen LogP) is 3.65. The van der Waals surface area contributed by atoms with Crippen LogP contribution >= 0.6 is 0 Å². The normalized spacial score (nSPS) is 10.5. The third-order valence-electron chi connectivity index (χ3n) is 2.63. The standard InChI is InChI=1S/C16H15NO/c1-13-7-5-6-10-15(13)17-16(18)12-11-14-8-3-2-4-9-14/h2-12H,1H3,(H,17,18)/b12-11-. The zero-order chi connectivity index (χ0) is 12.8. The number of anilines is 1. The van der Waals surface area contributed by atoms with Gasteiger partial charge in [-0.2, -0.15) is 0 Å². The number of rotatable bonds is 3. The molecule has 0 saturated carbocycles. The number of aryl methyl sites for hydroxylation is 1. The van der Waals surface area contributed by atoms with E-state index in [9.17, 15) is 4.79 Å². The SMILES string of the molecule is Cc1ccccc1NC(=O)/C=C\c1ccccc1. The molecule has 0 atom stereocenters. The molecule has 0 aliphatic rings. The Bertz CT molecular complexity index is 558. The van der Waals surface area contributed by atoms with E-state index in [0.717, 1.165) is 16.8 Å². The van der Waals surface area contributed by atoms with Gasteiger partial charge in [0.15, 0.2) is 0 Å². The molecule has 1 amide bonds. The van der Waals surface area contributed by atoms with Crippen LogP contribution in [0.5, 0.6) is 0 Å². The monoisotopic (exact) mass is 237 g/mol. The van der Waals surface area contributed by atoms with E-state index >= 15 is 0 Å². The minimum atomic E-state index is -0.117. The summed E-state index contributed by atoms with van der Waals surface area (Å²) >= 11 is 0. The van der Waals surface area contributed by atoms with E-state index in [1.54, 1.807) is 12.2 Å². The van der Waals surface area contributed by atoms with E-state index in [2.05, 4.69) is 5.32 Å². The molecule has 2 rings (SSSR count). The molecule has 0 heterocycles. The number of hydrogen-bond donors (Lipinski definition) is 1. The Labute approximate surface area is 107 Å². The Morgan fingerprint density at radius 1 is 1.00 bits per heavy atom. The van der Waals surface area contributed by atoms with Crippen molar-refractivity contribution in [3.8, 4) is 0 Å². The third kappa shape index (κ3) is 3.32. The largest absolute Gasteiger partial charge is 0.322 e. The molecule has 90 valence electrons. The Morgan fingerprint density at radius 2 is 1.67 bits per heavy atom. The molecule has 0 bridgehead atoms. The molecule has 2 aromatic rings. The first kappa shape index (κ1) is 12.1. The summed E-state index contributed by atoms with van der Waals surface area (Å²) in [6.45, 7) is 1.97. The summed E-state index contributed by atoms with van der Waals surface area (Å²) < 4.78 is 0. The summed E-state index contributed by atoms with van der Waals surface area (Å²) in [5.74, 6) is -0.117. The lowest BCUT2D eigenvalue weighted by atomic mass is 10.2. The van der Waals surface area contributed by atoms with Crippen molar-refractivity contribution in [2.24, 2.45) is 0 Å². The second-order valence-corrected chi connectivity index (χ2v) is 4.05. The lowest BCUT2D eigenvalue weighted by Crippen LogP contribution is -2.08. The van der Waals surface area contributed by atoms with E-state index in [0.29, 0.717) is 0 Å². The zero-order valence-electron chi connectivity index (χ0n) is 10.3. The molecule has 2 aromatic carbocycles. The van der Waals surface area contributed by atoms with Gasteiger partial charge in [-0.3, -0.25) is 4.79 Å². The van der Waals surface area contributed by atoms with Gasteiger partial charge in [0.25, 0.3) is 0 Å². The predicted molar refractivity (Wildman–Crippen MR) is 75.3 cm³/mol. The molecule has 0 aliphatic carbocycles. The zero-order valence-corrected chi connectivity index (χ0v) is 10.3. The molecule has 2 nitrogen and oxygen atoms in total. The number of hydrogen-bond acceptors (Lipinski definition) is 1. The Hall–Kier alpha value is -2.35. The fourth-order valence-electron chi connectivity index (χ4n) is 1.62. The quantitative estimate of drug-likeness (QED) is 0.811. The van der Waals surface area contributed by atoms with E-state index in [1.165, 1.54) is 0 Å². The van der Waals surface area contributed by atoms with Crippen molar-refractivity contribution in [1.82, 2.24) is 0 Å². The second kappa shape index (κ2) is 5.82. The van der Waals surface area contributed by atoms with Crippen LogP contribution < -0.4 is 5.32 Å². The second-order valence-electron chi connectivity index (χ2n) is 4.05. The number of carbonyl (C=O) groups excluding carboxylic acids is 1. The van der Waals surface area contributed by atoms with E-state index < -0.39 is 0 Å². The van der Waals surface area contributed by atoms with Gasteiger partial charge < -0.3 is 5.32 Å². The molecular weight excluding hydrogens is 222 g/mol. The molecule has 0 unspecified atom stereocenters. The number of carbonyl (C=O) groups is 1. The maximum Gasteiger partial charge on any atom is 0.248 e. The first-order valence-electron chi connectivity index (χ1n) is 5.85. The topological polar surface area (TPSA) is 29.1 Å². The fourth-order valence-corrected chi connectivity index (χ4v) is 1.62. The van der Waals surface area contributed by atoms with Crippen LogP contribution in [0.15, 0.2) is 60.7 Å². The minimum Gasteiger partial charge on any atom is -0.322 e. The van der Waals surface area contributed by atoms with Gasteiger partial charge in [-0.05, 0) is 30.2 Å². The summed E-state index contributed by atoms with van der Waals surface area (Å²) in [5.41, 5.74) is 2.91. The van der Waals surface area contributed by atoms with Crippen molar-refractivity contribution in [2.75, 3.05) is 5.32 Å². The van der Waals surface area contributed by atoms with Crippen LogP contribution in [0.4, 0.5) is 5.69 Å². The minimum absolute atomic E-state index is 0.117. The third-order valence-corrected chi connectivity index (χ3v) is 2.63. The molecule has 0 spiro atoms. The molecule has 1 N–H and O–H groups in total. The summed E-state index contributed by atoms with van der Waals surface area (Å²) in [4.78, 5) is 11.7. The maximum atomic E-state index is 11.7. The summed E-state index contributed by atoms with van der Waals surface area (Å²) in [5, 5.41) is 2.85. The Morgan fingerprint density at radius 3 is 2.39 bits per heavy atom. The van der Waals surface area contributed by atoms with Gasteiger partial charge in [0, 0.05) is 11.8 Å². The molecule has 2 heteroatoms. The van der Waals surface area contributed by atoms with Crippen LogP contribution in [-0.2, 0) is 4.79 Å². The van der Waals surface area contributed by atoms with Gasteiger partial charge in [-0.15, -0.1) is 0 Å². The van der Waals surface area contributed by atoms with Gasteiger partial charge >= 0.3 is 0 Å². The van der Waals surface area contributed by atoms with Gasteiger partial charge in [0.1, 0.15) is 0 Å². The molecule has 0 aromatic heterocycles. The fraction of sp³-hybridized carbons (Fsp3) is 0.0625. The Balaban J connectivity index is 2.02. The highest BCUT2D eigenvalue weighted by Gasteiger charge is 1.99. The first-order valence-corrected chi connectivity index (χ1v) is 5.85. The smallest absolute Gasteiger partial charge is 0.248 e. The van der Waals surface area contributed by atoms with Gasteiger partial charge in [-0.1, -0.05) is 48.5 Å². The molecule has 0 fully saturated rings. The highest BCUT2D eigenvalue weighted by atomic mass is 16.1. The van der Waals surface area contributed by atoms with E-state index in [1.807, 2.05) is 61.5 Å². The van der Waals surface area contributed by atoms with Crippen molar-refractivity contribution in [2.45, 2.75) is 6.92 Å². The highest BCUT2D eigenvalue weighted by Crippen LogP contribution is 2.13. The average molecular weight is 237 g/mol. The summed E-state index contributed by atoms with van der Waals surface area (Å²) in [7, 11) is 0. The van der Waals surface area contributed by atoms with Crippen LogP contribution in [0.3, 0.4) is 0 Å². The lowest BCUT2D eigenvalue weighted by molar-refractivity contribution is -0.111. The van der Waals surface area contributed by atoms with Crippen molar-refractivity contribution in [3.63, 3.8) is 0 Å². The molecule has 0 saturated heterocycles. The van der Waals surface area contributed by atoms with Gasteiger partial charge in [-0.25, -0.2) is 0 Å². The Kier molecular flexibility index (Phi) is 3.92. The van der Waals surface area contributed by atoms with Gasteiger partial charge in [0.05, 0.1) is 0 Å². The van der Waals surface area contributed by atoms with Gasteiger partial charge in [0.2, 0.25) is 5.91 Å². The molecular formula is C16H15NO. The summed E-state index contributed by atoms with van der Waals surface area (Å²) in [6.07, 6.45) is 3.34. The number of nitrogens with one attached hydrogen (secondary N) is 1. The van der Waals surface area contributed by atoms with Crippen LogP contribution in [0.2, 0.25) is 0 Å². The van der Waals surface area contributed by atoms with Crippen LogP contribution in [0.25, 0.3) is 6.08 Å². The van der Waals surface area contributed by atoms with E-state index in [-0.39, 0.29) is 5.91 Å². The lowest BCUT2D eigenvalue weighted by Gasteiger charge is -2.05. The maximum absolute atomic E-state index is 11.7.